The van der Waals surface area contributed by atoms with E-state index in [1.54, 1.807) is 18.3 Å². The number of piperazine rings is 1. The maximum absolute atomic E-state index is 12.9. The highest BCUT2D eigenvalue weighted by Crippen LogP contribution is 2.19. The fraction of sp³-hybridized carbons (Fsp3) is 0.261. The first-order valence-electron chi connectivity index (χ1n) is 9.72. The normalized spacial score (nSPS) is 14.0. The Hall–Kier alpha value is -3.59. The van der Waals surface area contributed by atoms with E-state index in [0.29, 0.717) is 37.3 Å². The Morgan fingerprint density at radius 1 is 0.966 bits per heavy atom. The van der Waals surface area contributed by atoms with Crippen LogP contribution < -0.4 is 4.90 Å². The zero-order chi connectivity index (χ0) is 20.4. The quantitative estimate of drug-likeness (QED) is 0.694. The van der Waals surface area contributed by atoms with Crippen molar-refractivity contribution < 1.29 is 4.79 Å². The third-order valence-corrected chi connectivity index (χ3v) is 5.41. The molecule has 4 rings (SSSR count). The second kappa shape index (κ2) is 7.80. The Morgan fingerprint density at radius 3 is 2.24 bits per heavy atom. The molecule has 1 fully saturated rings. The van der Waals surface area contributed by atoms with Crippen LogP contribution in [-0.4, -0.2) is 46.5 Å². The van der Waals surface area contributed by atoms with Crippen LogP contribution in [0, 0.1) is 25.2 Å². The lowest BCUT2D eigenvalue weighted by Crippen LogP contribution is -2.49. The first-order valence-corrected chi connectivity index (χ1v) is 9.72. The summed E-state index contributed by atoms with van der Waals surface area (Å²) in [6.45, 7) is 6.82. The van der Waals surface area contributed by atoms with Gasteiger partial charge in [-0.25, -0.2) is 4.98 Å². The van der Waals surface area contributed by atoms with Crippen LogP contribution in [0.4, 0.5) is 5.82 Å². The highest BCUT2D eigenvalue weighted by molar-refractivity contribution is 5.94. The van der Waals surface area contributed by atoms with Gasteiger partial charge in [0.05, 0.1) is 11.6 Å². The predicted molar refractivity (Wildman–Crippen MR) is 112 cm³/mol. The van der Waals surface area contributed by atoms with Crippen LogP contribution in [-0.2, 0) is 0 Å². The highest BCUT2D eigenvalue weighted by Gasteiger charge is 2.23. The summed E-state index contributed by atoms with van der Waals surface area (Å²) in [4.78, 5) is 21.3. The summed E-state index contributed by atoms with van der Waals surface area (Å²) in [5.41, 5.74) is 4.71. The summed E-state index contributed by atoms with van der Waals surface area (Å²) < 4.78 is 2.18. The molecule has 146 valence electrons. The second-order valence-electron chi connectivity index (χ2n) is 7.29. The number of anilines is 1. The van der Waals surface area contributed by atoms with Crippen molar-refractivity contribution in [3.63, 3.8) is 0 Å². The Bertz CT molecular complexity index is 1050. The van der Waals surface area contributed by atoms with Gasteiger partial charge >= 0.3 is 0 Å². The molecular weight excluding hydrogens is 362 g/mol. The van der Waals surface area contributed by atoms with E-state index >= 15 is 0 Å². The minimum Gasteiger partial charge on any atom is -0.353 e. The fourth-order valence-corrected chi connectivity index (χ4v) is 3.81. The summed E-state index contributed by atoms with van der Waals surface area (Å²) in [7, 11) is 0. The van der Waals surface area contributed by atoms with Gasteiger partial charge in [-0.05, 0) is 62.4 Å². The van der Waals surface area contributed by atoms with Gasteiger partial charge < -0.3 is 14.4 Å². The van der Waals surface area contributed by atoms with E-state index in [2.05, 4.69) is 46.5 Å². The number of pyridine rings is 1. The fourth-order valence-electron chi connectivity index (χ4n) is 3.81. The van der Waals surface area contributed by atoms with Crippen molar-refractivity contribution in [2.45, 2.75) is 13.8 Å². The van der Waals surface area contributed by atoms with Crippen molar-refractivity contribution in [2.75, 3.05) is 31.1 Å². The lowest BCUT2D eigenvalue weighted by Gasteiger charge is -2.35. The van der Waals surface area contributed by atoms with Crippen LogP contribution >= 0.6 is 0 Å². The lowest BCUT2D eigenvalue weighted by molar-refractivity contribution is 0.0746. The number of nitrogens with zero attached hydrogens (tertiary/aromatic N) is 5. The largest absolute Gasteiger partial charge is 0.353 e. The molecule has 0 aliphatic carbocycles. The van der Waals surface area contributed by atoms with Crippen LogP contribution in [0.1, 0.15) is 27.3 Å². The molecule has 0 radical (unpaired) electrons. The van der Waals surface area contributed by atoms with Crippen molar-refractivity contribution in [3.8, 4) is 11.8 Å². The van der Waals surface area contributed by atoms with Gasteiger partial charge in [0, 0.05) is 55.0 Å². The average molecular weight is 385 g/mol. The van der Waals surface area contributed by atoms with Gasteiger partial charge in [-0.15, -0.1) is 0 Å². The SMILES string of the molecule is Cc1ccc(C)n1-c1ccc(C(=O)N2CCN(c3cc(C#N)ccn3)CC2)cc1. The van der Waals surface area contributed by atoms with Crippen LogP contribution in [0.15, 0.2) is 54.7 Å². The standard InChI is InChI=1S/C23H23N5O/c1-17-3-4-18(2)28(17)21-7-5-20(6-8-21)23(29)27-13-11-26(12-14-27)22-15-19(16-24)9-10-25-22/h3-10,15H,11-14H2,1-2H3. The summed E-state index contributed by atoms with van der Waals surface area (Å²) >= 11 is 0. The van der Waals surface area contributed by atoms with E-state index in [1.165, 1.54) is 11.4 Å². The third-order valence-electron chi connectivity index (χ3n) is 5.41. The van der Waals surface area contributed by atoms with Crippen molar-refractivity contribution in [1.82, 2.24) is 14.5 Å². The zero-order valence-corrected chi connectivity index (χ0v) is 16.7. The molecule has 1 aliphatic heterocycles. The summed E-state index contributed by atoms with van der Waals surface area (Å²) in [6, 6.07) is 17.6. The molecular formula is C23H23N5O. The number of benzene rings is 1. The van der Waals surface area contributed by atoms with Gasteiger partial charge in [-0.2, -0.15) is 5.26 Å². The van der Waals surface area contributed by atoms with E-state index < -0.39 is 0 Å². The molecule has 0 unspecified atom stereocenters. The first-order chi connectivity index (χ1) is 14.1. The van der Waals surface area contributed by atoms with Gasteiger partial charge in [0.2, 0.25) is 0 Å². The molecule has 3 heterocycles. The van der Waals surface area contributed by atoms with E-state index in [-0.39, 0.29) is 5.91 Å². The minimum absolute atomic E-state index is 0.0517. The Morgan fingerprint density at radius 2 is 1.62 bits per heavy atom. The number of carbonyl (C=O) groups is 1. The molecule has 1 amide bonds. The molecule has 1 saturated heterocycles. The Balaban J connectivity index is 1.43. The van der Waals surface area contributed by atoms with Gasteiger partial charge in [0.1, 0.15) is 5.82 Å². The van der Waals surface area contributed by atoms with E-state index in [0.717, 1.165) is 11.5 Å². The number of hydrogen-bond donors (Lipinski definition) is 0. The van der Waals surface area contributed by atoms with Crippen LogP contribution in [0.25, 0.3) is 5.69 Å². The second-order valence-corrected chi connectivity index (χ2v) is 7.29. The molecule has 6 heteroatoms. The maximum atomic E-state index is 12.9. The van der Waals surface area contributed by atoms with Crippen molar-refractivity contribution in [3.05, 3.63) is 77.2 Å². The van der Waals surface area contributed by atoms with Crippen molar-refractivity contribution in [2.24, 2.45) is 0 Å². The predicted octanol–water partition coefficient (Wildman–Crippen LogP) is 3.32. The summed E-state index contributed by atoms with van der Waals surface area (Å²) in [6.07, 6.45) is 1.65. The van der Waals surface area contributed by atoms with E-state index in [1.807, 2.05) is 29.2 Å². The van der Waals surface area contributed by atoms with Crippen molar-refractivity contribution in [1.29, 1.82) is 5.26 Å². The molecule has 6 nitrogen and oxygen atoms in total. The van der Waals surface area contributed by atoms with Gasteiger partial charge in [0.15, 0.2) is 0 Å². The van der Waals surface area contributed by atoms with E-state index in [4.69, 9.17) is 5.26 Å². The molecule has 1 aliphatic rings. The molecule has 0 spiro atoms. The number of amides is 1. The Kier molecular flexibility index (Phi) is 5.05. The zero-order valence-electron chi connectivity index (χ0n) is 16.7. The monoisotopic (exact) mass is 385 g/mol. The van der Waals surface area contributed by atoms with Gasteiger partial charge in [-0.1, -0.05) is 0 Å². The van der Waals surface area contributed by atoms with Crippen molar-refractivity contribution >= 4 is 11.7 Å². The summed E-state index contributed by atoms with van der Waals surface area (Å²) in [5.74, 6) is 0.842. The number of aromatic nitrogens is 2. The van der Waals surface area contributed by atoms with Gasteiger partial charge in [-0.3, -0.25) is 4.79 Å². The number of carbonyl (C=O) groups excluding carboxylic acids is 1. The molecule has 0 saturated carbocycles. The smallest absolute Gasteiger partial charge is 0.253 e. The van der Waals surface area contributed by atoms with E-state index in [9.17, 15) is 4.79 Å². The number of rotatable bonds is 3. The number of nitriles is 1. The van der Waals surface area contributed by atoms with Crippen LogP contribution in [0.5, 0.6) is 0 Å². The molecule has 0 atom stereocenters. The first kappa shape index (κ1) is 18.8. The Labute approximate surface area is 170 Å². The van der Waals surface area contributed by atoms with Gasteiger partial charge in [0.25, 0.3) is 5.91 Å². The molecule has 2 aromatic heterocycles. The maximum Gasteiger partial charge on any atom is 0.253 e. The lowest BCUT2D eigenvalue weighted by atomic mass is 10.1. The molecule has 1 aromatic carbocycles. The number of aryl methyl sites for hydroxylation is 2. The summed E-state index contributed by atoms with van der Waals surface area (Å²) in [5, 5.41) is 9.06. The van der Waals surface area contributed by atoms with Crippen LogP contribution in [0.2, 0.25) is 0 Å². The van der Waals surface area contributed by atoms with Crippen LogP contribution in [0.3, 0.4) is 0 Å². The third kappa shape index (κ3) is 3.72. The molecule has 0 N–H and O–H groups in total. The molecule has 3 aromatic rings. The minimum atomic E-state index is 0.0517. The number of hydrogen-bond acceptors (Lipinski definition) is 4. The molecule has 29 heavy (non-hydrogen) atoms. The molecule has 0 bridgehead atoms. The topological polar surface area (TPSA) is 65.2 Å². The average Bonchev–Trinajstić information content (AvgIpc) is 3.11. The highest BCUT2D eigenvalue weighted by atomic mass is 16.2.